The van der Waals surface area contributed by atoms with Crippen molar-refractivity contribution in [2.45, 2.75) is 31.5 Å². The number of carbonyl (C=O) groups is 1. The van der Waals surface area contributed by atoms with Crippen LogP contribution in [0.5, 0.6) is 0 Å². The molecule has 0 aromatic heterocycles. The summed E-state index contributed by atoms with van der Waals surface area (Å²) in [7, 11) is 0. The maximum Gasteiger partial charge on any atom is 0.308 e. The Hall–Kier alpha value is -0.870. The molecule has 70 valence electrons. The van der Waals surface area contributed by atoms with E-state index in [0.29, 0.717) is 12.8 Å². The van der Waals surface area contributed by atoms with Crippen LogP contribution in [0.4, 0.5) is 0 Å². The van der Waals surface area contributed by atoms with Crippen molar-refractivity contribution < 1.29 is 20.1 Å². The first-order valence-corrected chi connectivity index (χ1v) is 3.75. The lowest BCUT2D eigenvalue weighted by Gasteiger charge is -2.18. The number of aliphatic carboxylic acids is 1. The summed E-state index contributed by atoms with van der Waals surface area (Å²) in [4.78, 5) is 10.1. The highest BCUT2D eigenvalue weighted by Gasteiger charge is 2.25. The molecule has 0 heterocycles. The average molecular weight is 174 g/mol. The minimum Gasteiger partial charge on any atom is -0.481 e. The number of hydrogen-bond donors (Lipinski definition) is 3. The first-order valence-electron chi connectivity index (χ1n) is 3.75. The third kappa shape index (κ3) is 5.88. The monoisotopic (exact) mass is 174 g/mol. The first kappa shape index (κ1) is 11.1. The van der Waals surface area contributed by atoms with Gasteiger partial charge in [-0.05, 0) is 12.8 Å². The first-order chi connectivity index (χ1) is 5.48. The predicted octanol–water partition coefficient (Wildman–Crippen LogP) is 0.498. The normalized spacial score (nSPS) is 11.2. The molecule has 0 aromatic carbocycles. The van der Waals surface area contributed by atoms with Crippen LogP contribution in [0.3, 0.4) is 0 Å². The van der Waals surface area contributed by atoms with Crippen molar-refractivity contribution in [2.24, 2.45) is 0 Å². The van der Waals surface area contributed by atoms with E-state index in [1.165, 1.54) is 0 Å². The summed E-state index contributed by atoms with van der Waals surface area (Å²) in [6, 6.07) is 0. The summed E-state index contributed by atoms with van der Waals surface area (Å²) in [5, 5.41) is 26.4. The van der Waals surface area contributed by atoms with Crippen LogP contribution in [0.1, 0.15) is 25.7 Å². The van der Waals surface area contributed by atoms with E-state index in [1.807, 2.05) is 0 Å². The fourth-order valence-corrected chi connectivity index (χ4v) is 0.860. The molecule has 0 spiro atoms. The quantitative estimate of drug-likeness (QED) is 0.311. The predicted molar refractivity (Wildman–Crippen MR) is 43.5 cm³/mol. The van der Waals surface area contributed by atoms with Gasteiger partial charge in [0.15, 0.2) is 5.79 Å². The van der Waals surface area contributed by atoms with Crippen LogP contribution in [-0.4, -0.2) is 27.1 Å². The van der Waals surface area contributed by atoms with Gasteiger partial charge in [-0.2, -0.15) is 0 Å². The summed E-state index contributed by atoms with van der Waals surface area (Å²) >= 11 is 0. The number of rotatable bonds is 6. The molecule has 0 aliphatic heterocycles. The molecule has 0 aliphatic rings. The van der Waals surface area contributed by atoms with Gasteiger partial charge >= 0.3 is 5.97 Å². The lowest BCUT2D eigenvalue weighted by atomic mass is 10.1. The molecule has 0 radical (unpaired) electrons. The molecule has 0 saturated heterocycles. The number of hydrogen-bond acceptors (Lipinski definition) is 3. The van der Waals surface area contributed by atoms with Gasteiger partial charge in [-0.15, -0.1) is 6.58 Å². The zero-order chi connectivity index (χ0) is 9.61. The zero-order valence-corrected chi connectivity index (χ0v) is 6.86. The van der Waals surface area contributed by atoms with E-state index >= 15 is 0 Å². The fraction of sp³-hybridized carbons (Fsp3) is 0.625. The standard InChI is InChI=1S/C8H14O4/c1-2-3-4-5-8(11,12)6-7(9)10/h2,11-12H,1,3-6H2,(H,9,10). The fourth-order valence-electron chi connectivity index (χ4n) is 0.860. The minimum atomic E-state index is -2.07. The molecule has 0 aliphatic carbocycles. The van der Waals surface area contributed by atoms with E-state index in [0.717, 1.165) is 0 Å². The molecule has 4 heteroatoms. The second-order valence-electron chi connectivity index (χ2n) is 2.73. The van der Waals surface area contributed by atoms with Crippen LogP contribution in [0, 0.1) is 0 Å². The van der Waals surface area contributed by atoms with Gasteiger partial charge in [0.05, 0.1) is 6.42 Å². The Kier molecular flexibility index (Phi) is 4.54. The smallest absolute Gasteiger partial charge is 0.308 e. The lowest BCUT2D eigenvalue weighted by Crippen LogP contribution is -2.31. The molecule has 0 atom stereocenters. The van der Waals surface area contributed by atoms with E-state index < -0.39 is 18.2 Å². The van der Waals surface area contributed by atoms with Gasteiger partial charge in [-0.3, -0.25) is 4.79 Å². The Morgan fingerprint density at radius 3 is 2.50 bits per heavy atom. The van der Waals surface area contributed by atoms with Gasteiger partial charge < -0.3 is 15.3 Å². The summed E-state index contributed by atoms with van der Waals surface area (Å²) in [5.41, 5.74) is 0. The zero-order valence-electron chi connectivity index (χ0n) is 6.86. The van der Waals surface area contributed by atoms with Crippen LogP contribution in [0.2, 0.25) is 0 Å². The largest absolute Gasteiger partial charge is 0.481 e. The Labute approximate surface area is 71.1 Å². The summed E-state index contributed by atoms with van der Waals surface area (Å²) in [6.45, 7) is 3.46. The molecular formula is C8H14O4. The molecule has 0 aromatic rings. The Morgan fingerprint density at radius 1 is 1.50 bits per heavy atom. The summed E-state index contributed by atoms with van der Waals surface area (Å²) in [6.07, 6.45) is 2.26. The number of unbranched alkanes of at least 4 members (excludes halogenated alkanes) is 1. The van der Waals surface area contributed by atoms with Crippen molar-refractivity contribution in [2.75, 3.05) is 0 Å². The highest BCUT2D eigenvalue weighted by Crippen LogP contribution is 2.14. The molecule has 3 N–H and O–H groups in total. The molecule has 0 saturated carbocycles. The molecule has 0 amide bonds. The highest BCUT2D eigenvalue weighted by molar-refractivity contribution is 5.67. The SMILES string of the molecule is C=CCCCC(O)(O)CC(=O)O. The number of carboxylic acids is 1. The van der Waals surface area contributed by atoms with Gasteiger partial charge in [0.2, 0.25) is 0 Å². The Bertz CT molecular complexity index is 162. The molecule has 0 rings (SSSR count). The number of aliphatic hydroxyl groups is 2. The van der Waals surface area contributed by atoms with Gasteiger partial charge in [-0.25, -0.2) is 0 Å². The maximum atomic E-state index is 10.1. The molecule has 0 unspecified atom stereocenters. The van der Waals surface area contributed by atoms with Crippen molar-refractivity contribution in [1.82, 2.24) is 0 Å². The van der Waals surface area contributed by atoms with Gasteiger partial charge in [0.1, 0.15) is 0 Å². The van der Waals surface area contributed by atoms with E-state index in [2.05, 4.69) is 6.58 Å². The van der Waals surface area contributed by atoms with E-state index in [-0.39, 0.29) is 6.42 Å². The molecule has 4 nitrogen and oxygen atoms in total. The third-order valence-electron chi connectivity index (χ3n) is 1.42. The maximum absolute atomic E-state index is 10.1. The molecule has 0 bridgehead atoms. The third-order valence-corrected chi connectivity index (χ3v) is 1.42. The Balaban J connectivity index is 3.70. The summed E-state index contributed by atoms with van der Waals surface area (Å²) < 4.78 is 0. The van der Waals surface area contributed by atoms with Crippen LogP contribution in [0.25, 0.3) is 0 Å². The number of allylic oxidation sites excluding steroid dienone is 1. The van der Waals surface area contributed by atoms with Crippen molar-refractivity contribution in [3.63, 3.8) is 0 Å². The van der Waals surface area contributed by atoms with Gasteiger partial charge in [0.25, 0.3) is 0 Å². The van der Waals surface area contributed by atoms with Crippen molar-refractivity contribution in [3.8, 4) is 0 Å². The van der Waals surface area contributed by atoms with Crippen LogP contribution < -0.4 is 0 Å². The van der Waals surface area contributed by atoms with Crippen molar-refractivity contribution in [1.29, 1.82) is 0 Å². The summed E-state index contributed by atoms with van der Waals surface area (Å²) in [5.74, 6) is -3.28. The second-order valence-corrected chi connectivity index (χ2v) is 2.73. The van der Waals surface area contributed by atoms with E-state index in [9.17, 15) is 4.79 Å². The van der Waals surface area contributed by atoms with E-state index in [4.69, 9.17) is 15.3 Å². The van der Waals surface area contributed by atoms with Gasteiger partial charge in [0, 0.05) is 6.42 Å². The second kappa shape index (κ2) is 4.90. The van der Waals surface area contributed by atoms with Crippen LogP contribution in [-0.2, 0) is 4.79 Å². The minimum absolute atomic E-state index is 0.0608. The van der Waals surface area contributed by atoms with E-state index in [1.54, 1.807) is 6.08 Å². The highest BCUT2D eigenvalue weighted by atomic mass is 16.5. The molecule has 12 heavy (non-hydrogen) atoms. The van der Waals surface area contributed by atoms with Crippen LogP contribution in [0.15, 0.2) is 12.7 Å². The van der Waals surface area contributed by atoms with Crippen molar-refractivity contribution in [3.05, 3.63) is 12.7 Å². The Morgan fingerprint density at radius 2 is 2.08 bits per heavy atom. The van der Waals surface area contributed by atoms with Crippen molar-refractivity contribution >= 4 is 5.97 Å². The number of carboxylic acid groups (broad SMARTS) is 1. The topological polar surface area (TPSA) is 77.8 Å². The lowest BCUT2D eigenvalue weighted by molar-refractivity contribution is -0.184. The average Bonchev–Trinajstić information content (AvgIpc) is 1.84. The molecule has 0 fully saturated rings. The molecular weight excluding hydrogens is 160 g/mol. The van der Waals surface area contributed by atoms with Gasteiger partial charge in [-0.1, -0.05) is 6.08 Å². The van der Waals surface area contributed by atoms with Crippen LogP contribution >= 0.6 is 0 Å².